The molecule has 0 aromatic heterocycles. The number of nitro benzene ring substituents is 1. The van der Waals surface area contributed by atoms with E-state index in [4.69, 9.17) is 9.66 Å². The number of hydrogen-bond donors (Lipinski definition) is 2. The minimum absolute atomic E-state index is 0.262. The molecule has 1 atom stereocenters. The molecule has 0 saturated heterocycles. The van der Waals surface area contributed by atoms with Gasteiger partial charge in [0, 0.05) is 6.07 Å². The Labute approximate surface area is 111 Å². The van der Waals surface area contributed by atoms with Gasteiger partial charge in [0.2, 0.25) is 0 Å². The van der Waals surface area contributed by atoms with Crippen LogP contribution >= 0.6 is 0 Å². The van der Waals surface area contributed by atoms with Crippen LogP contribution in [0, 0.1) is 10.1 Å². The average Bonchev–Trinajstić information content (AvgIpc) is 2.40. The maximum absolute atomic E-state index is 10.3. The molecule has 2 rings (SSSR count). The summed E-state index contributed by atoms with van der Waals surface area (Å²) in [5.41, 5.74) is -0.262. The van der Waals surface area contributed by atoms with Gasteiger partial charge in [-0.1, -0.05) is 30.3 Å². The molecule has 100 valence electrons. The summed E-state index contributed by atoms with van der Waals surface area (Å²) in [6.07, 6.45) is 0. The van der Waals surface area contributed by atoms with E-state index in [1.54, 1.807) is 30.3 Å². The Hall–Kier alpha value is -2.25. The fourth-order valence-corrected chi connectivity index (χ4v) is 1.55. The highest BCUT2D eigenvalue weighted by atomic mass is 32.2. The molecule has 0 aliphatic rings. The first kappa shape index (κ1) is 14.8. The zero-order valence-corrected chi connectivity index (χ0v) is 10.5. The van der Waals surface area contributed by atoms with Crippen molar-refractivity contribution >= 4 is 16.8 Å². The maximum Gasteiger partial charge on any atom is 0.310 e. The van der Waals surface area contributed by atoms with Crippen molar-refractivity contribution < 1.29 is 18.8 Å². The summed E-state index contributed by atoms with van der Waals surface area (Å²) in [5, 5.41) is 18.9. The van der Waals surface area contributed by atoms with Crippen molar-refractivity contribution in [2.75, 3.05) is 0 Å². The van der Waals surface area contributed by atoms with Crippen LogP contribution in [0.3, 0.4) is 0 Å². The van der Waals surface area contributed by atoms with E-state index >= 15 is 0 Å². The molecular formula is C12H11NO5S. The normalized spacial score (nSPS) is 11.0. The SMILES string of the molecule is O=S(O)c1ccccc1.O=[N+]([O-])c1ccccc1O. The van der Waals surface area contributed by atoms with Crippen LogP contribution in [0.1, 0.15) is 0 Å². The molecule has 0 aliphatic carbocycles. The van der Waals surface area contributed by atoms with Crippen LogP contribution in [0.2, 0.25) is 0 Å². The molecule has 0 aliphatic heterocycles. The molecule has 0 spiro atoms. The Bertz CT molecular complexity index is 573. The van der Waals surface area contributed by atoms with Crippen molar-refractivity contribution in [3.8, 4) is 5.75 Å². The van der Waals surface area contributed by atoms with Gasteiger partial charge in [-0.25, -0.2) is 4.21 Å². The Kier molecular flexibility index (Phi) is 5.65. The molecule has 1 unspecified atom stereocenters. The molecule has 7 heteroatoms. The molecule has 0 fully saturated rings. The number of phenols is 1. The summed E-state index contributed by atoms with van der Waals surface area (Å²) in [6, 6.07) is 14.0. The second-order valence-electron chi connectivity index (χ2n) is 3.31. The molecule has 2 aromatic rings. The molecule has 19 heavy (non-hydrogen) atoms. The lowest BCUT2D eigenvalue weighted by Gasteiger charge is -1.91. The minimum Gasteiger partial charge on any atom is -0.502 e. The Morgan fingerprint density at radius 2 is 1.53 bits per heavy atom. The molecule has 0 radical (unpaired) electrons. The first-order chi connectivity index (χ1) is 9.02. The number of rotatable bonds is 2. The van der Waals surface area contributed by atoms with Crippen molar-refractivity contribution in [2.45, 2.75) is 4.90 Å². The second kappa shape index (κ2) is 7.24. The summed E-state index contributed by atoms with van der Waals surface area (Å²) < 4.78 is 18.8. The van der Waals surface area contributed by atoms with Gasteiger partial charge in [0.25, 0.3) is 0 Å². The van der Waals surface area contributed by atoms with Crippen molar-refractivity contribution in [2.24, 2.45) is 0 Å². The van der Waals surface area contributed by atoms with Gasteiger partial charge in [0.15, 0.2) is 16.8 Å². The number of phenolic OH excluding ortho intramolecular Hbond substituents is 1. The van der Waals surface area contributed by atoms with Gasteiger partial charge in [-0.05, 0) is 18.2 Å². The number of para-hydroxylation sites is 2. The fraction of sp³-hybridized carbons (Fsp3) is 0. The van der Waals surface area contributed by atoms with E-state index in [0.29, 0.717) is 4.90 Å². The predicted octanol–water partition coefficient (Wildman–Crippen LogP) is 2.57. The van der Waals surface area contributed by atoms with Gasteiger partial charge >= 0.3 is 5.69 Å². The van der Waals surface area contributed by atoms with Gasteiger partial charge in [-0.2, -0.15) is 0 Å². The van der Waals surface area contributed by atoms with Crippen molar-refractivity contribution in [1.29, 1.82) is 0 Å². The Balaban J connectivity index is 0.000000191. The molecule has 0 amide bonds. The lowest BCUT2D eigenvalue weighted by molar-refractivity contribution is -0.385. The van der Waals surface area contributed by atoms with Crippen LogP contribution < -0.4 is 0 Å². The van der Waals surface area contributed by atoms with E-state index in [-0.39, 0.29) is 11.4 Å². The van der Waals surface area contributed by atoms with Crippen LogP contribution in [0.4, 0.5) is 5.69 Å². The van der Waals surface area contributed by atoms with Gasteiger partial charge in [0.1, 0.15) is 0 Å². The van der Waals surface area contributed by atoms with Gasteiger partial charge in [-0.15, -0.1) is 0 Å². The number of hydrogen-bond acceptors (Lipinski definition) is 4. The third kappa shape index (κ3) is 4.86. The quantitative estimate of drug-likeness (QED) is 0.500. The monoisotopic (exact) mass is 281 g/mol. The topological polar surface area (TPSA) is 101 Å². The smallest absolute Gasteiger partial charge is 0.310 e. The van der Waals surface area contributed by atoms with E-state index in [1.807, 2.05) is 0 Å². The van der Waals surface area contributed by atoms with Crippen LogP contribution in [-0.2, 0) is 11.1 Å². The van der Waals surface area contributed by atoms with E-state index in [2.05, 4.69) is 0 Å². The lowest BCUT2D eigenvalue weighted by atomic mass is 10.3. The largest absolute Gasteiger partial charge is 0.502 e. The number of nitro groups is 1. The van der Waals surface area contributed by atoms with Crippen LogP contribution in [-0.4, -0.2) is 18.8 Å². The number of benzene rings is 2. The zero-order valence-electron chi connectivity index (χ0n) is 9.67. The summed E-state index contributed by atoms with van der Waals surface area (Å²) in [4.78, 5) is 9.88. The predicted molar refractivity (Wildman–Crippen MR) is 70.2 cm³/mol. The standard InChI is InChI=1S/C6H5NO3.C6H6O2S/c8-6-4-2-1-3-5(6)7(9)10;7-9(8)6-4-2-1-3-5-6/h1-4,8H;1-5H,(H,7,8). The number of aromatic hydroxyl groups is 1. The molecule has 0 bridgehead atoms. The van der Waals surface area contributed by atoms with E-state index in [0.717, 1.165) is 0 Å². The number of nitrogens with zero attached hydrogens (tertiary/aromatic N) is 1. The van der Waals surface area contributed by atoms with Crippen LogP contribution in [0.25, 0.3) is 0 Å². The summed E-state index contributed by atoms with van der Waals surface area (Å²) in [6.45, 7) is 0. The zero-order chi connectivity index (χ0) is 14.3. The van der Waals surface area contributed by atoms with Crippen LogP contribution in [0.5, 0.6) is 5.75 Å². The highest BCUT2D eigenvalue weighted by molar-refractivity contribution is 7.79. The molecule has 0 heterocycles. The lowest BCUT2D eigenvalue weighted by Crippen LogP contribution is -1.86. The minimum atomic E-state index is -1.83. The summed E-state index contributed by atoms with van der Waals surface area (Å²) in [7, 11) is 0. The van der Waals surface area contributed by atoms with Crippen LogP contribution in [0.15, 0.2) is 59.5 Å². The first-order valence-corrected chi connectivity index (χ1v) is 6.21. The van der Waals surface area contributed by atoms with E-state index in [9.17, 15) is 14.3 Å². The third-order valence-electron chi connectivity index (χ3n) is 2.02. The molecule has 2 aromatic carbocycles. The molecule has 0 saturated carbocycles. The summed E-state index contributed by atoms with van der Waals surface area (Å²) >= 11 is -1.83. The highest BCUT2D eigenvalue weighted by Crippen LogP contribution is 2.23. The Morgan fingerprint density at radius 3 is 1.89 bits per heavy atom. The first-order valence-electron chi connectivity index (χ1n) is 5.10. The third-order valence-corrected chi connectivity index (χ3v) is 2.70. The van der Waals surface area contributed by atoms with E-state index in [1.165, 1.54) is 24.3 Å². The highest BCUT2D eigenvalue weighted by Gasteiger charge is 2.09. The fourth-order valence-electron chi connectivity index (χ4n) is 1.16. The average molecular weight is 281 g/mol. The van der Waals surface area contributed by atoms with Gasteiger partial charge in [0.05, 0.1) is 9.82 Å². The maximum atomic E-state index is 10.3. The van der Waals surface area contributed by atoms with Gasteiger partial charge < -0.3 is 9.66 Å². The van der Waals surface area contributed by atoms with Crippen molar-refractivity contribution in [1.82, 2.24) is 0 Å². The van der Waals surface area contributed by atoms with E-state index < -0.39 is 16.0 Å². The molecule has 6 nitrogen and oxygen atoms in total. The van der Waals surface area contributed by atoms with Crippen molar-refractivity contribution in [3.05, 3.63) is 64.7 Å². The molecule has 2 N–H and O–H groups in total. The second-order valence-corrected chi connectivity index (χ2v) is 4.28. The Morgan fingerprint density at radius 1 is 1.00 bits per heavy atom. The van der Waals surface area contributed by atoms with Crippen molar-refractivity contribution in [3.63, 3.8) is 0 Å². The summed E-state index contributed by atoms with van der Waals surface area (Å²) in [5.74, 6) is -0.299. The van der Waals surface area contributed by atoms with Gasteiger partial charge in [-0.3, -0.25) is 10.1 Å². The molecular weight excluding hydrogens is 270 g/mol.